The van der Waals surface area contributed by atoms with Gasteiger partial charge in [-0.15, -0.1) is 11.3 Å². The summed E-state index contributed by atoms with van der Waals surface area (Å²) in [6, 6.07) is 4.23. The Kier molecular flexibility index (Phi) is 4.72. The maximum Gasteiger partial charge on any atom is 0.410 e. The van der Waals surface area contributed by atoms with Crippen molar-refractivity contribution in [1.29, 1.82) is 0 Å². The van der Waals surface area contributed by atoms with E-state index in [-0.39, 0.29) is 28.6 Å². The Labute approximate surface area is 195 Å². The number of hydrogen-bond donors (Lipinski definition) is 1. The summed E-state index contributed by atoms with van der Waals surface area (Å²) < 4.78 is 6.31. The van der Waals surface area contributed by atoms with E-state index in [1.807, 2.05) is 4.90 Å². The highest BCUT2D eigenvalue weighted by Gasteiger charge is 2.67. The maximum absolute atomic E-state index is 12.9. The van der Waals surface area contributed by atoms with Crippen LogP contribution in [0, 0.1) is 22.7 Å². The van der Waals surface area contributed by atoms with Gasteiger partial charge in [-0.3, -0.25) is 0 Å². The van der Waals surface area contributed by atoms with Gasteiger partial charge in [0.05, 0.1) is 12.6 Å². The number of nitrogens with zero attached hydrogens (tertiary/aromatic N) is 1. The van der Waals surface area contributed by atoms with Crippen LogP contribution in [0.15, 0.2) is 40.8 Å². The maximum atomic E-state index is 12.9. The first-order valence-corrected chi connectivity index (χ1v) is 13.3. The van der Waals surface area contributed by atoms with Crippen LogP contribution in [-0.2, 0) is 11.2 Å². The van der Waals surface area contributed by atoms with E-state index >= 15 is 0 Å². The van der Waals surface area contributed by atoms with Crippen LogP contribution in [0.3, 0.4) is 0 Å². The lowest BCUT2D eigenvalue weighted by molar-refractivity contribution is -0.0626. The molecule has 5 aliphatic rings. The average molecular weight is 454 g/mol. The van der Waals surface area contributed by atoms with Crippen molar-refractivity contribution in [2.45, 2.75) is 76.9 Å². The molecule has 1 saturated heterocycles. The van der Waals surface area contributed by atoms with Gasteiger partial charge in [0.25, 0.3) is 0 Å². The highest BCUT2D eigenvalue weighted by atomic mass is 32.1. The number of ether oxygens (including phenoxy) is 1. The smallest absolute Gasteiger partial charge is 0.410 e. The quantitative estimate of drug-likeness (QED) is 0.636. The van der Waals surface area contributed by atoms with Gasteiger partial charge in [-0.2, -0.15) is 0 Å². The molecule has 32 heavy (non-hydrogen) atoms. The third kappa shape index (κ3) is 2.86. The largest absolute Gasteiger partial charge is 0.440 e. The molecule has 1 N–H and O–H groups in total. The molecule has 0 aromatic carbocycles. The summed E-state index contributed by atoms with van der Waals surface area (Å²) in [5.74, 6) is 1.07. The molecule has 4 aliphatic carbocycles. The van der Waals surface area contributed by atoms with Gasteiger partial charge in [-0.05, 0) is 80.1 Å². The highest BCUT2D eigenvalue weighted by Crippen LogP contribution is 2.67. The number of aliphatic hydroxyl groups is 1. The zero-order valence-corrected chi connectivity index (χ0v) is 20.1. The molecule has 1 aromatic heterocycles. The number of carbonyl (C=O) groups excluding carboxylic acids is 1. The molecule has 1 amide bonds. The van der Waals surface area contributed by atoms with E-state index in [4.69, 9.17) is 4.74 Å². The first-order chi connectivity index (χ1) is 15.3. The fourth-order valence-electron chi connectivity index (χ4n) is 8.01. The van der Waals surface area contributed by atoms with Gasteiger partial charge in [-0.1, -0.05) is 43.2 Å². The molecule has 0 bridgehead atoms. The van der Waals surface area contributed by atoms with Gasteiger partial charge in [0, 0.05) is 16.8 Å². The van der Waals surface area contributed by atoms with Crippen LogP contribution in [0.5, 0.6) is 0 Å². The second-order valence-corrected chi connectivity index (χ2v) is 12.4. The fourth-order valence-corrected chi connectivity index (χ4v) is 8.71. The fraction of sp³-hybridized carbons (Fsp3) is 0.667. The average Bonchev–Trinajstić information content (AvgIpc) is 3.46. The van der Waals surface area contributed by atoms with E-state index in [0.717, 1.165) is 64.5 Å². The molecule has 1 aromatic rings. The van der Waals surface area contributed by atoms with Crippen LogP contribution in [0.4, 0.5) is 4.79 Å². The molecule has 6 unspecified atom stereocenters. The molecule has 2 heterocycles. The standard InChI is InChI=1S/C27H35NO3S/c1-25-11-7-19(29)16-18(25)5-6-21-22(25)8-12-26(2)23(21)9-13-27(26)17-28(24(30)31-27)14-10-20-4-3-15-32-20/h3-6,15,19,22-23,29H,7-14,16-17H2,1-2H3. The van der Waals surface area contributed by atoms with Crippen molar-refractivity contribution in [3.63, 3.8) is 0 Å². The minimum atomic E-state index is -0.344. The van der Waals surface area contributed by atoms with Crippen molar-refractivity contribution >= 4 is 17.4 Å². The van der Waals surface area contributed by atoms with E-state index in [1.165, 1.54) is 10.5 Å². The number of carbonyl (C=O) groups is 1. The van der Waals surface area contributed by atoms with Crippen LogP contribution in [-0.4, -0.2) is 40.9 Å². The van der Waals surface area contributed by atoms with Crippen molar-refractivity contribution in [2.75, 3.05) is 13.1 Å². The van der Waals surface area contributed by atoms with E-state index < -0.39 is 0 Å². The van der Waals surface area contributed by atoms with Crippen LogP contribution in [0.25, 0.3) is 0 Å². The summed E-state index contributed by atoms with van der Waals surface area (Å²) in [4.78, 5) is 16.2. The Morgan fingerprint density at radius 3 is 2.81 bits per heavy atom. The summed E-state index contributed by atoms with van der Waals surface area (Å²) in [6.07, 6.45) is 12.6. The van der Waals surface area contributed by atoms with Crippen molar-refractivity contribution in [2.24, 2.45) is 22.7 Å². The SMILES string of the molecule is CC12CCC(O)CC1=CC=C1C2CCC2(C)C1CCC21CN(CCc2cccs2)C(=O)O1. The topological polar surface area (TPSA) is 49.8 Å². The predicted octanol–water partition coefficient (Wildman–Crippen LogP) is 5.73. The molecule has 4 nitrogen and oxygen atoms in total. The van der Waals surface area contributed by atoms with Crippen LogP contribution >= 0.6 is 11.3 Å². The second-order valence-electron chi connectivity index (χ2n) is 11.4. The molecular weight excluding hydrogens is 418 g/mol. The summed E-state index contributed by atoms with van der Waals surface area (Å²) in [5, 5.41) is 12.3. The Bertz CT molecular complexity index is 983. The highest BCUT2D eigenvalue weighted by molar-refractivity contribution is 7.09. The van der Waals surface area contributed by atoms with Gasteiger partial charge in [-0.25, -0.2) is 4.79 Å². The van der Waals surface area contributed by atoms with Crippen molar-refractivity contribution in [3.8, 4) is 0 Å². The Morgan fingerprint density at radius 2 is 2.00 bits per heavy atom. The minimum absolute atomic E-state index is 0.0125. The van der Waals surface area contributed by atoms with Crippen molar-refractivity contribution in [1.82, 2.24) is 4.90 Å². The second kappa shape index (κ2) is 7.20. The lowest BCUT2D eigenvalue weighted by Gasteiger charge is -2.55. The first kappa shape index (κ1) is 21.0. The Balaban J connectivity index is 1.26. The number of hydrogen-bond acceptors (Lipinski definition) is 4. The lowest BCUT2D eigenvalue weighted by atomic mass is 9.50. The third-order valence-corrected chi connectivity index (χ3v) is 11.0. The first-order valence-electron chi connectivity index (χ1n) is 12.4. The predicted molar refractivity (Wildman–Crippen MR) is 126 cm³/mol. The molecule has 5 heteroatoms. The lowest BCUT2D eigenvalue weighted by Crippen LogP contribution is -2.53. The monoisotopic (exact) mass is 453 g/mol. The molecule has 4 fully saturated rings. The van der Waals surface area contributed by atoms with E-state index in [2.05, 4.69) is 43.5 Å². The summed E-state index contributed by atoms with van der Waals surface area (Å²) in [7, 11) is 0. The van der Waals surface area contributed by atoms with Crippen LogP contribution in [0.1, 0.15) is 63.7 Å². The molecule has 6 atom stereocenters. The molecule has 172 valence electrons. The molecule has 0 radical (unpaired) electrons. The normalized spacial score (nSPS) is 42.8. The molecule has 3 saturated carbocycles. The molecular formula is C27H35NO3S. The number of fused-ring (bicyclic) bond motifs is 6. The number of rotatable bonds is 3. The van der Waals surface area contributed by atoms with Gasteiger partial charge >= 0.3 is 6.09 Å². The minimum Gasteiger partial charge on any atom is -0.440 e. The van der Waals surface area contributed by atoms with Crippen LogP contribution in [0.2, 0.25) is 0 Å². The number of amides is 1. The Hall–Kier alpha value is -1.59. The summed E-state index contributed by atoms with van der Waals surface area (Å²) >= 11 is 1.76. The van der Waals surface area contributed by atoms with Crippen molar-refractivity contribution in [3.05, 3.63) is 45.7 Å². The summed E-state index contributed by atoms with van der Waals surface area (Å²) in [5.41, 5.74) is 2.92. The molecule has 1 spiro atoms. The van der Waals surface area contributed by atoms with Gasteiger partial charge in [0.1, 0.15) is 5.60 Å². The van der Waals surface area contributed by atoms with Gasteiger partial charge in [0.2, 0.25) is 0 Å². The van der Waals surface area contributed by atoms with Gasteiger partial charge in [0.15, 0.2) is 0 Å². The third-order valence-electron chi connectivity index (χ3n) is 10.0. The van der Waals surface area contributed by atoms with E-state index in [0.29, 0.717) is 11.8 Å². The number of thiophene rings is 1. The molecule has 1 aliphatic heterocycles. The molecule has 6 rings (SSSR count). The zero-order chi connectivity index (χ0) is 22.1. The Morgan fingerprint density at radius 1 is 1.16 bits per heavy atom. The zero-order valence-electron chi connectivity index (χ0n) is 19.3. The van der Waals surface area contributed by atoms with Crippen LogP contribution < -0.4 is 0 Å². The van der Waals surface area contributed by atoms with E-state index in [9.17, 15) is 9.90 Å². The van der Waals surface area contributed by atoms with E-state index in [1.54, 1.807) is 16.9 Å². The van der Waals surface area contributed by atoms with Gasteiger partial charge < -0.3 is 14.7 Å². The summed E-state index contributed by atoms with van der Waals surface area (Å²) in [6.45, 7) is 6.34. The number of allylic oxidation sites excluding steroid dienone is 3. The van der Waals surface area contributed by atoms with Crippen molar-refractivity contribution < 1.29 is 14.6 Å². The number of aliphatic hydroxyl groups excluding tert-OH is 1.